The molecule has 1 N–H and O–H groups in total. The van der Waals surface area contributed by atoms with Gasteiger partial charge >= 0.3 is 5.97 Å². The number of likely N-dealkylation sites (tertiary alicyclic amines) is 1. The average molecular weight is 347 g/mol. The van der Waals surface area contributed by atoms with E-state index in [1.54, 1.807) is 25.1 Å². The smallest absolute Gasteiger partial charge is 0.329 e. The molecule has 1 heterocycles. The number of carboxylic acids is 1. The van der Waals surface area contributed by atoms with E-state index in [2.05, 4.69) is 15.9 Å². The van der Waals surface area contributed by atoms with E-state index in [4.69, 9.17) is 11.6 Å². The van der Waals surface area contributed by atoms with Crippen LogP contribution in [0.3, 0.4) is 0 Å². The van der Waals surface area contributed by atoms with Crippen molar-refractivity contribution >= 4 is 39.4 Å². The van der Waals surface area contributed by atoms with Crippen molar-refractivity contribution < 1.29 is 14.7 Å². The minimum atomic E-state index is -1.15. The first-order valence-corrected chi connectivity index (χ1v) is 7.04. The number of carboxylic acid groups (broad SMARTS) is 1. The second-order valence-electron chi connectivity index (χ2n) is 4.74. The Morgan fingerprint density at radius 2 is 2.16 bits per heavy atom. The molecule has 1 aromatic rings. The Bertz CT molecular complexity index is 549. The Kier molecular flexibility index (Phi) is 3.87. The molecule has 1 fully saturated rings. The lowest BCUT2D eigenvalue weighted by Crippen LogP contribution is -2.50. The van der Waals surface area contributed by atoms with Crippen LogP contribution in [0.15, 0.2) is 22.7 Å². The van der Waals surface area contributed by atoms with Crippen molar-refractivity contribution in [1.82, 2.24) is 4.90 Å². The van der Waals surface area contributed by atoms with Gasteiger partial charge in [-0.1, -0.05) is 17.7 Å². The zero-order valence-electron chi connectivity index (χ0n) is 10.3. The number of rotatable bonds is 2. The average Bonchev–Trinajstić information content (AvgIpc) is 2.75. The first kappa shape index (κ1) is 14.3. The van der Waals surface area contributed by atoms with Gasteiger partial charge in [-0.2, -0.15) is 0 Å². The maximum absolute atomic E-state index is 12.5. The molecule has 1 atom stereocenters. The number of carbonyl (C=O) groups is 2. The standard InChI is InChI=1S/C13H13BrClNO3/c1-13(12(18)19)6-3-7-16(13)11(17)8-4-2-5-9(14)10(8)15/h2,4-5H,3,6-7H2,1H3,(H,18,19). The number of amides is 1. The number of halogens is 2. The summed E-state index contributed by atoms with van der Waals surface area (Å²) in [6, 6.07) is 5.05. The van der Waals surface area contributed by atoms with E-state index < -0.39 is 11.5 Å². The van der Waals surface area contributed by atoms with Gasteiger partial charge < -0.3 is 10.0 Å². The molecule has 6 heteroatoms. The van der Waals surface area contributed by atoms with Gasteiger partial charge in [0.2, 0.25) is 0 Å². The van der Waals surface area contributed by atoms with Crippen LogP contribution < -0.4 is 0 Å². The number of nitrogens with zero attached hydrogens (tertiary/aromatic N) is 1. The molecule has 1 unspecified atom stereocenters. The third-order valence-electron chi connectivity index (χ3n) is 3.53. The summed E-state index contributed by atoms with van der Waals surface area (Å²) < 4.78 is 0.622. The highest BCUT2D eigenvalue weighted by molar-refractivity contribution is 9.10. The lowest BCUT2D eigenvalue weighted by Gasteiger charge is -2.31. The molecular formula is C13H13BrClNO3. The molecule has 1 aromatic carbocycles. The number of hydrogen-bond acceptors (Lipinski definition) is 2. The minimum absolute atomic E-state index is 0.312. The zero-order chi connectivity index (χ0) is 14.2. The molecule has 0 aromatic heterocycles. The summed E-state index contributed by atoms with van der Waals surface area (Å²) in [7, 11) is 0. The minimum Gasteiger partial charge on any atom is -0.480 e. The van der Waals surface area contributed by atoms with Crippen LogP contribution in [-0.4, -0.2) is 34.0 Å². The zero-order valence-corrected chi connectivity index (χ0v) is 12.7. The molecule has 1 aliphatic heterocycles. The first-order chi connectivity index (χ1) is 8.88. The van der Waals surface area contributed by atoms with E-state index >= 15 is 0 Å². The quantitative estimate of drug-likeness (QED) is 0.895. The van der Waals surface area contributed by atoms with Gasteiger partial charge in [0.05, 0.1) is 10.6 Å². The van der Waals surface area contributed by atoms with Crippen LogP contribution in [0.5, 0.6) is 0 Å². The van der Waals surface area contributed by atoms with Crippen molar-refractivity contribution in [2.24, 2.45) is 0 Å². The van der Waals surface area contributed by atoms with Crippen molar-refractivity contribution in [2.75, 3.05) is 6.54 Å². The van der Waals surface area contributed by atoms with Crippen molar-refractivity contribution in [3.63, 3.8) is 0 Å². The maximum Gasteiger partial charge on any atom is 0.329 e. The second-order valence-corrected chi connectivity index (χ2v) is 5.97. The van der Waals surface area contributed by atoms with Gasteiger partial charge in [-0.3, -0.25) is 4.79 Å². The Labute approximate surface area is 124 Å². The van der Waals surface area contributed by atoms with Crippen molar-refractivity contribution in [1.29, 1.82) is 0 Å². The van der Waals surface area contributed by atoms with E-state index in [0.29, 0.717) is 34.4 Å². The van der Waals surface area contributed by atoms with Gasteiger partial charge in [-0.05, 0) is 47.8 Å². The summed E-state index contributed by atoms with van der Waals surface area (Å²) in [5.74, 6) is -1.32. The predicted molar refractivity (Wildman–Crippen MR) is 75.5 cm³/mol. The number of carbonyl (C=O) groups excluding carboxylic acids is 1. The van der Waals surface area contributed by atoms with E-state index in [-0.39, 0.29) is 5.91 Å². The molecule has 1 aliphatic rings. The maximum atomic E-state index is 12.5. The molecular weight excluding hydrogens is 334 g/mol. The summed E-state index contributed by atoms with van der Waals surface area (Å²) in [6.07, 6.45) is 1.14. The Morgan fingerprint density at radius 1 is 1.47 bits per heavy atom. The first-order valence-electron chi connectivity index (χ1n) is 5.87. The fourth-order valence-corrected chi connectivity index (χ4v) is 2.90. The van der Waals surface area contributed by atoms with Gasteiger partial charge in [0.1, 0.15) is 5.54 Å². The fraction of sp³-hybridized carbons (Fsp3) is 0.385. The fourth-order valence-electron chi connectivity index (χ4n) is 2.33. The monoisotopic (exact) mass is 345 g/mol. The molecule has 1 amide bonds. The Hall–Kier alpha value is -1.07. The van der Waals surface area contributed by atoms with Crippen LogP contribution in [0.1, 0.15) is 30.1 Å². The third kappa shape index (κ3) is 2.37. The Balaban J connectivity index is 2.39. The summed E-state index contributed by atoms with van der Waals surface area (Å²) in [5, 5.41) is 9.64. The van der Waals surface area contributed by atoms with Crippen molar-refractivity contribution in [2.45, 2.75) is 25.3 Å². The van der Waals surface area contributed by atoms with E-state index in [0.717, 1.165) is 0 Å². The summed E-state index contributed by atoms with van der Waals surface area (Å²) in [4.78, 5) is 25.3. The van der Waals surface area contributed by atoms with Gasteiger partial charge in [-0.25, -0.2) is 4.79 Å². The van der Waals surface area contributed by atoms with E-state index in [9.17, 15) is 14.7 Å². The summed E-state index contributed by atoms with van der Waals surface area (Å²) in [6.45, 7) is 2.01. The molecule has 1 saturated heterocycles. The molecule has 2 rings (SSSR count). The van der Waals surface area contributed by atoms with E-state index in [1.165, 1.54) is 4.90 Å². The third-order valence-corrected chi connectivity index (χ3v) is 4.83. The molecule has 0 bridgehead atoms. The SMILES string of the molecule is CC1(C(=O)O)CCCN1C(=O)c1cccc(Br)c1Cl. The van der Waals surface area contributed by atoms with Gasteiger partial charge in [0, 0.05) is 11.0 Å². The molecule has 0 radical (unpaired) electrons. The number of benzene rings is 1. The van der Waals surface area contributed by atoms with Crippen LogP contribution in [0.25, 0.3) is 0 Å². The molecule has 0 spiro atoms. The summed E-state index contributed by atoms with van der Waals surface area (Å²) in [5.41, 5.74) is -0.826. The highest BCUT2D eigenvalue weighted by Gasteiger charge is 2.46. The van der Waals surface area contributed by atoms with Crippen molar-refractivity contribution in [3.05, 3.63) is 33.3 Å². The largest absolute Gasteiger partial charge is 0.480 e. The van der Waals surface area contributed by atoms with Crippen LogP contribution >= 0.6 is 27.5 Å². The molecule has 0 aliphatic carbocycles. The van der Waals surface area contributed by atoms with Crippen LogP contribution in [0, 0.1) is 0 Å². The molecule has 102 valence electrons. The Morgan fingerprint density at radius 3 is 2.79 bits per heavy atom. The van der Waals surface area contributed by atoms with Gasteiger partial charge in [0.15, 0.2) is 0 Å². The van der Waals surface area contributed by atoms with Gasteiger partial charge in [0.25, 0.3) is 5.91 Å². The van der Waals surface area contributed by atoms with E-state index in [1.807, 2.05) is 0 Å². The van der Waals surface area contributed by atoms with Crippen LogP contribution in [0.4, 0.5) is 0 Å². The van der Waals surface area contributed by atoms with Crippen LogP contribution in [0.2, 0.25) is 5.02 Å². The van der Waals surface area contributed by atoms with Crippen LogP contribution in [-0.2, 0) is 4.79 Å². The van der Waals surface area contributed by atoms with Gasteiger partial charge in [-0.15, -0.1) is 0 Å². The summed E-state index contributed by atoms with van der Waals surface area (Å²) >= 11 is 9.36. The van der Waals surface area contributed by atoms with Crippen molar-refractivity contribution in [3.8, 4) is 0 Å². The number of aliphatic carboxylic acids is 1. The lowest BCUT2D eigenvalue weighted by atomic mass is 9.98. The highest BCUT2D eigenvalue weighted by Crippen LogP contribution is 2.33. The molecule has 19 heavy (non-hydrogen) atoms. The topological polar surface area (TPSA) is 57.6 Å². The normalized spacial score (nSPS) is 22.6. The predicted octanol–water partition coefficient (Wildman–Crippen LogP) is 3.18. The molecule has 0 saturated carbocycles. The highest BCUT2D eigenvalue weighted by atomic mass is 79.9. The molecule has 4 nitrogen and oxygen atoms in total. The number of hydrogen-bond donors (Lipinski definition) is 1. The lowest BCUT2D eigenvalue weighted by molar-refractivity contribution is -0.147. The second kappa shape index (κ2) is 5.13.